The third-order valence-corrected chi connectivity index (χ3v) is 4.71. The number of hydrogen-bond acceptors (Lipinski definition) is 5. The number of amides is 1. The smallest absolute Gasteiger partial charge is 0.255 e. The van der Waals surface area contributed by atoms with E-state index in [1.807, 2.05) is 29.5 Å². The number of carbonyl (C=O) groups is 3. The van der Waals surface area contributed by atoms with Crippen molar-refractivity contribution in [2.75, 3.05) is 13.2 Å². The number of ether oxygens (including phenoxy) is 2. The first-order valence-corrected chi connectivity index (χ1v) is 9.27. The van der Waals surface area contributed by atoms with Gasteiger partial charge in [0, 0.05) is 11.1 Å². The molecule has 6 nitrogen and oxygen atoms in total. The highest BCUT2D eigenvalue weighted by Crippen LogP contribution is 2.36. The Morgan fingerprint density at radius 2 is 1.74 bits per heavy atom. The van der Waals surface area contributed by atoms with E-state index < -0.39 is 5.91 Å². The molecule has 138 valence electrons. The van der Waals surface area contributed by atoms with Gasteiger partial charge in [-0.1, -0.05) is 24.3 Å². The lowest BCUT2D eigenvalue weighted by molar-refractivity contribution is -0.120. The third-order valence-electron chi connectivity index (χ3n) is 3.91. The van der Waals surface area contributed by atoms with Crippen molar-refractivity contribution in [3.63, 3.8) is 0 Å². The standard InChI is InChI=1S/C20H16INO5/c1-2-26-16-9-11(8-15(21)20(16)27-10-17(22)23)7-14-18(24)12-5-3-4-6-13(12)19(14)25/h3-9H,2,10H2,1H3,(H2,22,23). The van der Waals surface area contributed by atoms with Crippen molar-refractivity contribution in [2.45, 2.75) is 6.92 Å². The summed E-state index contributed by atoms with van der Waals surface area (Å²) in [5.41, 5.74) is 6.69. The number of Topliss-reactive ketones (excluding diaryl/α,β-unsaturated/α-hetero) is 2. The summed E-state index contributed by atoms with van der Waals surface area (Å²) in [6.07, 6.45) is 1.55. The number of ketones is 2. The molecule has 0 aliphatic heterocycles. The van der Waals surface area contributed by atoms with E-state index in [0.717, 1.165) is 0 Å². The predicted molar refractivity (Wildman–Crippen MR) is 108 cm³/mol. The highest BCUT2D eigenvalue weighted by Gasteiger charge is 2.32. The molecule has 0 aromatic heterocycles. The summed E-state index contributed by atoms with van der Waals surface area (Å²) in [7, 11) is 0. The molecule has 1 aliphatic rings. The lowest BCUT2D eigenvalue weighted by Gasteiger charge is -2.14. The van der Waals surface area contributed by atoms with Gasteiger partial charge in [0.1, 0.15) is 0 Å². The molecule has 2 N–H and O–H groups in total. The molecule has 0 saturated heterocycles. The number of allylic oxidation sites excluding steroid dienone is 1. The van der Waals surface area contributed by atoms with Gasteiger partial charge in [0.2, 0.25) is 0 Å². The van der Waals surface area contributed by atoms with Crippen LogP contribution in [0.3, 0.4) is 0 Å². The largest absolute Gasteiger partial charge is 0.490 e. The normalized spacial score (nSPS) is 12.7. The van der Waals surface area contributed by atoms with Crippen molar-refractivity contribution >= 4 is 46.1 Å². The van der Waals surface area contributed by atoms with Gasteiger partial charge in [-0.05, 0) is 53.3 Å². The maximum atomic E-state index is 12.6. The molecule has 1 aliphatic carbocycles. The van der Waals surface area contributed by atoms with E-state index in [1.54, 1.807) is 42.5 Å². The zero-order valence-electron chi connectivity index (χ0n) is 14.5. The van der Waals surface area contributed by atoms with Crippen LogP contribution in [0.1, 0.15) is 33.2 Å². The van der Waals surface area contributed by atoms with Crippen molar-refractivity contribution in [1.29, 1.82) is 0 Å². The van der Waals surface area contributed by atoms with E-state index in [2.05, 4.69) is 0 Å². The molecule has 3 rings (SSSR count). The summed E-state index contributed by atoms with van der Waals surface area (Å²) in [5.74, 6) is -0.381. The first kappa shape index (κ1) is 19.1. The fourth-order valence-electron chi connectivity index (χ4n) is 2.79. The molecule has 2 aromatic rings. The Labute approximate surface area is 169 Å². The number of nitrogens with two attached hydrogens (primary N) is 1. The molecule has 0 spiro atoms. The van der Waals surface area contributed by atoms with Crippen molar-refractivity contribution < 1.29 is 23.9 Å². The molecule has 0 heterocycles. The van der Waals surface area contributed by atoms with Crippen LogP contribution < -0.4 is 15.2 Å². The van der Waals surface area contributed by atoms with Crippen molar-refractivity contribution in [3.05, 3.63) is 62.2 Å². The van der Waals surface area contributed by atoms with Gasteiger partial charge in [-0.2, -0.15) is 0 Å². The van der Waals surface area contributed by atoms with Crippen LogP contribution >= 0.6 is 22.6 Å². The van der Waals surface area contributed by atoms with Crippen LogP contribution in [0.5, 0.6) is 11.5 Å². The summed E-state index contributed by atoms with van der Waals surface area (Å²) >= 11 is 2.04. The average Bonchev–Trinajstić information content (AvgIpc) is 2.86. The molecule has 0 fully saturated rings. The molecular weight excluding hydrogens is 461 g/mol. The second-order valence-corrected chi connectivity index (χ2v) is 6.94. The second-order valence-electron chi connectivity index (χ2n) is 5.78. The molecule has 7 heteroatoms. The molecule has 0 unspecified atom stereocenters. The number of benzene rings is 2. The molecule has 0 bridgehead atoms. The highest BCUT2D eigenvalue weighted by atomic mass is 127. The van der Waals surface area contributed by atoms with Gasteiger partial charge in [0.05, 0.1) is 15.8 Å². The van der Waals surface area contributed by atoms with Crippen molar-refractivity contribution in [1.82, 2.24) is 0 Å². The van der Waals surface area contributed by atoms with E-state index >= 15 is 0 Å². The Balaban J connectivity index is 2.00. The molecular formula is C20H16INO5. The Bertz CT molecular complexity index is 943. The number of hydrogen-bond donors (Lipinski definition) is 1. The van der Waals surface area contributed by atoms with E-state index in [-0.39, 0.29) is 23.7 Å². The molecule has 2 aromatic carbocycles. The van der Waals surface area contributed by atoms with Crippen LogP contribution in [-0.2, 0) is 4.79 Å². The minimum atomic E-state index is -0.598. The van der Waals surface area contributed by atoms with Gasteiger partial charge in [-0.3, -0.25) is 14.4 Å². The quantitative estimate of drug-likeness (QED) is 0.392. The molecule has 1 amide bonds. The zero-order valence-corrected chi connectivity index (χ0v) is 16.6. The first-order chi connectivity index (χ1) is 12.9. The first-order valence-electron chi connectivity index (χ1n) is 8.20. The summed E-state index contributed by atoms with van der Waals surface area (Å²) < 4.78 is 11.7. The number of halogens is 1. The van der Waals surface area contributed by atoms with Crippen LogP contribution in [-0.4, -0.2) is 30.7 Å². The van der Waals surface area contributed by atoms with Gasteiger partial charge in [0.15, 0.2) is 29.7 Å². The van der Waals surface area contributed by atoms with Crippen molar-refractivity contribution in [2.24, 2.45) is 5.73 Å². The Hall–Kier alpha value is -2.68. The van der Waals surface area contributed by atoms with Gasteiger partial charge in [-0.25, -0.2) is 0 Å². The minimum Gasteiger partial charge on any atom is -0.490 e. The van der Waals surface area contributed by atoms with Crippen LogP contribution in [0.15, 0.2) is 42.0 Å². The maximum Gasteiger partial charge on any atom is 0.255 e. The molecule has 0 atom stereocenters. The number of fused-ring (bicyclic) bond motifs is 1. The Kier molecular flexibility index (Phi) is 5.59. The van der Waals surface area contributed by atoms with E-state index in [9.17, 15) is 14.4 Å². The van der Waals surface area contributed by atoms with E-state index in [1.165, 1.54) is 0 Å². The van der Waals surface area contributed by atoms with Crippen LogP contribution in [0.2, 0.25) is 0 Å². The lowest BCUT2D eigenvalue weighted by Crippen LogP contribution is -2.20. The number of carbonyl (C=O) groups excluding carboxylic acids is 3. The molecule has 27 heavy (non-hydrogen) atoms. The van der Waals surface area contributed by atoms with Crippen molar-refractivity contribution in [3.8, 4) is 11.5 Å². The SMILES string of the molecule is CCOc1cc(C=C2C(=O)c3ccccc3C2=O)cc(I)c1OCC(N)=O. The van der Waals surface area contributed by atoms with E-state index in [0.29, 0.717) is 38.4 Å². The fraction of sp³-hybridized carbons (Fsp3) is 0.150. The van der Waals surface area contributed by atoms with Gasteiger partial charge in [-0.15, -0.1) is 0 Å². The van der Waals surface area contributed by atoms with Crippen LogP contribution in [0, 0.1) is 3.57 Å². The predicted octanol–water partition coefficient (Wildman–Crippen LogP) is 3.02. The summed E-state index contributed by atoms with van der Waals surface area (Å²) in [6, 6.07) is 10.2. The fourth-order valence-corrected chi connectivity index (χ4v) is 3.57. The van der Waals surface area contributed by atoms with E-state index in [4.69, 9.17) is 15.2 Å². The highest BCUT2D eigenvalue weighted by molar-refractivity contribution is 14.1. The topological polar surface area (TPSA) is 95.7 Å². The third kappa shape index (κ3) is 3.87. The van der Waals surface area contributed by atoms with Crippen LogP contribution in [0.4, 0.5) is 0 Å². The Morgan fingerprint density at radius 3 is 2.30 bits per heavy atom. The summed E-state index contributed by atoms with van der Waals surface area (Å²) in [5, 5.41) is 0. The Morgan fingerprint density at radius 1 is 1.11 bits per heavy atom. The summed E-state index contributed by atoms with van der Waals surface area (Å²) in [6.45, 7) is 1.92. The molecule has 0 saturated carbocycles. The molecule has 0 radical (unpaired) electrons. The maximum absolute atomic E-state index is 12.6. The number of primary amides is 1. The van der Waals surface area contributed by atoms with Crippen LogP contribution in [0.25, 0.3) is 6.08 Å². The minimum absolute atomic E-state index is 0.111. The summed E-state index contributed by atoms with van der Waals surface area (Å²) in [4.78, 5) is 36.1. The second kappa shape index (κ2) is 7.91. The monoisotopic (exact) mass is 477 g/mol. The number of rotatable bonds is 6. The van der Waals surface area contributed by atoms with Gasteiger partial charge in [0.25, 0.3) is 5.91 Å². The zero-order chi connectivity index (χ0) is 19.6. The lowest BCUT2D eigenvalue weighted by atomic mass is 10.1. The average molecular weight is 477 g/mol. The van der Waals surface area contributed by atoms with Gasteiger partial charge >= 0.3 is 0 Å². The van der Waals surface area contributed by atoms with Gasteiger partial charge < -0.3 is 15.2 Å².